The number of hydrogen-bond acceptors (Lipinski definition) is 3. The minimum atomic E-state index is -0.443. The van der Waals surface area contributed by atoms with E-state index in [0.717, 1.165) is 13.1 Å². The number of ether oxygens (including phenoxy) is 1. The summed E-state index contributed by atoms with van der Waals surface area (Å²) < 4.78 is 18.5. The average molecular weight is 308 g/mol. The van der Waals surface area contributed by atoms with Gasteiger partial charge in [0.15, 0.2) is 0 Å². The third-order valence-electron chi connectivity index (χ3n) is 4.30. The van der Waals surface area contributed by atoms with Gasteiger partial charge in [-0.3, -0.25) is 9.69 Å². The predicted octanol–water partition coefficient (Wildman–Crippen LogP) is 2.83. The molecule has 1 aromatic rings. The molecule has 1 aromatic carbocycles. The number of benzene rings is 1. The first kappa shape index (κ1) is 16.7. The van der Waals surface area contributed by atoms with Gasteiger partial charge >= 0.3 is 0 Å². The number of nitrogens with one attached hydrogen (secondary N) is 1. The molecule has 1 aliphatic heterocycles. The van der Waals surface area contributed by atoms with Crippen molar-refractivity contribution in [3.05, 3.63) is 29.6 Å². The molecule has 2 rings (SSSR count). The summed E-state index contributed by atoms with van der Waals surface area (Å²) in [6.07, 6.45) is 3.68. The Hall–Kier alpha value is -1.62. The van der Waals surface area contributed by atoms with E-state index < -0.39 is 5.82 Å². The SMILES string of the molecule is COc1ccc(F)cc1C(=O)NCC(C)(C)N1CCCCC1. The summed E-state index contributed by atoms with van der Waals surface area (Å²) in [6, 6.07) is 3.97. The first-order chi connectivity index (χ1) is 10.4. The van der Waals surface area contributed by atoms with Crippen molar-refractivity contribution in [1.29, 1.82) is 0 Å². The van der Waals surface area contributed by atoms with Gasteiger partial charge in [0.1, 0.15) is 11.6 Å². The van der Waals surface area contributed by atoms with Crippen molar-refractivity contribution in [3.8, 4) is 5.75 Å². The van der Waals surface area contributed by atoms with Gasteiger partial charge in [-0.05, 0) is 58.0 Å². The lowest BCUT2D eigenvalue weighted by Gasteiger charge is -2.41. The first-order valence-corrected chi connectivity index (χ1v) is 7.81. The highest BCUT2D eigenvalue weighted by atomic mass is 19.1. The van der Waals surface area contributed by atoms with Crippen molar-refractivity contribution >= 4 is 5.91 Å². The lowest BCUT2D eigenvalue weighted by atomic mass is 9.98. The zero-order chi connectivity index (χ0) is 16.2. The number of rotatable bonds is 5. The summed E-state index contributed by atoms with van der Waals surface area (Å²) in [6.45, 7) is 6.90. The van der Waals surface area contributed by atoms with Crippen LogP contribution in [0.3, 0.4) is 0 Å². The number of hydrogen-bond donors (Lipinski definition) is 1. The van der Waals surface area contributed by atoms with Crippen LogP contribution in [-0.2, 0) is 0 Å². The zero-order valence-electron chi connectivity index (χ0n) is 13.6. The van der Waals surface area contributed by atoms with Crippen LogP contribution in [0.2, 0.25) is 0 Å². The maximum atomic E-state index is 13.4. The van der Waals surface area contributed by atoms with Crippen molar-refractivity contribution in [2.24, 2.45) is 0 Å². The van der Waals surface area contributed by atoms with Crippen LogP contribution in [-0.4, -0.2) is 43.1 Å². The van der Waals surface area contributed by atoms with E-state index in [4.69, 9.17) is 4.74 Å². The number of piperidine rings is 1. The summed E-state index contributed by atoms with van der Waals surface area (Å²) in [5, 5.41) is 2.91. The molecule has 122 valence electrons. The second-order valence-corrected chi connectivity index (χ2v) is 6.39. The van der Waals surface area contributed by atoms with E-state index in [9.17, 15) is 9.18 Å². The van der Waals surface area contributed by atoms with Gasteiger partial charge < -0.3 is 10.1 Å². The Labute approximate surface area is 131 Å². The molecule has 1 saturated heterocycles. The molecule has 0 aliphatic carbocycles. The van der Waals surface area contributed by atoms with Gasteiger partial charge in [0, 0.05) is 12.1 Å². The molecular weight excluding hydrogens is 283 g/mol. The molecule has 4 nitrogen and oxygen atoms in total. The molecule has 0 atom stereocenters. The normalized spacial score (nSPS) is 16.4. The molecule has 0 radical (unpaired) electrons. The lowest BCUT2D eigenvalue weighted by Crippen LogP contribution is -2.53. The molecule has 0 aromatic heterocycles. The van der Waals surface area contributed by atoms with E-state index in [1.165, 1.54) is 44.6 Å². The Morgan fingerprint density at radius 3 is 2.64 bits per heavy atom. The Balaban J connectivity index is 2.01. The highest BCUT2D eigenvalue weighted by molar-refractivity contribution is 5.97. The molecule has 0 unspecified atom stereocenters. The van der Waals surface area contributed by atoms with Crippen LogP contribution in [0.25, 0.3) is 0 Å². The van der Waals surface area contributed by atoms with Gasteiger partial charge in [0.05, 0.1) is 12.7 Å². The number of carbonyl (C=O) groups is 1. The van der Waals surface area contributed by atoms with E-state index in [1.54, 1.807) is 0 Å². The fraction of sp³-hybridized carbons (Fsp3) is 0.588. The third-order valence-corrected chi connectivity index (χ3v) is 4.30. The summed E-state index contributed by atoms with van der Waals surface area (Å²) in [4.78, 5) is 14.7. The zero-order valence-corrected chi connectivity index (χ0v) is 13.6. The van der Waals surface area contributed by atoms with E-state index in [0.29, 0.717) is 12.3 Å². The van der Waals surface area contributed by atoms with Gasteiger partial charge in [-0.25, -0.2) is 4.39 Å². The topological polar surface area (TPSA) is 41.6 Å². The molecule has 1 N–H and O–H groups in total. The third kappa shape index (κ3) is 3.97. The van der Waals surface area contributed by atoms with Crippen molar-refractivity contribution < 1.29 is 13.9 Å². The molecule has 1 fully saturated rings. The van der Waals surface area contributed by atoms with Gasteiger partial charge in [-0.15, -0.1) is 0 Å². The molecule has 1 heterocycles. The van der Waals surface area contributed by atoms with E-state index in [2.05, 4.69) is 24.1 Å². The fourth-order valence-electron chi connectivity index (χ4n) is 2.86. The minimum Gasteiger partial charge on any atom is -0.496 e. The second kappa shape index (κ2) is 7.09. The highest BCUT2D eigenvalue weighted by Crippen LogP contribution is 2.22. The van der Waals surface area contributed by atoms with Gasteiger partial charge in [0.2, 0.25) is 0 Å². The van der Waals surface area contributed by atoms with E-state index in [-0.39, 0.29) is 17.0 Å². The first-order valence-electron chi connectivity index (χ1n) is 7.81. The standard InChI is InChI=1S/C17H25FN2O2/c1-17(2,20-9-5-4-6-10-20)12-19-16(21)14-11-13(18)7-8-15(14)22-3/h7-8,11H,4-6,9-10,12H2,1-3H3,(H,19,21). The van der Waals surface area contributed by atoms with Crippen molar-refractivity contribution in [3.63, 3.8) is 0 Å². The van der Waals surface area contributed by atoms with Crippen LogP contribution in [0, 0.1) is 5.82 Å². The van der Waals surface area contributed by atoms with Crippen LogP contribution in [0.4, 0.5) is 4.39 Å². The number of amides is 1. The lowest BCUT2D eigenvalue weighted by molar-refractivity contribution is 0.0795. The van der Waals surface area contributed by atoms with Gasteiger partial charge in [-0.1, -0.05) is 6.42 Å². The minimum absolute atomic E-state index is 0.114. The van der Waals surface area contributed by atoms with Crippen molar-refractivity contribution in [2.45, 2.75) is 38.6 Å². The second-order valence-electron chi connectivity index (χ2n) is 6.39. The monoisotopic (exact) mass is 308 g/mol. The number of halogens is 1. The van der Waals surface area contributed by atoms with Gasteiger partial charge in [0.25, 0.3) is 5.91 Å². The Morgan fingerprint density at radius 1 is 1.32 bits per heavy atom. The van der Waals surface area contributed by atoms with Gasteiger partial charge in [-0.2, -0.15) is 0 Å². The van der Waals surface area contributed by atoms with Crippen molar-refractivity contribution in [1.82, 2.24) is 10.2 Å². The maximum absolute atomic E-state index is 13.4. The van der Waals surface area contributed by atoms with E-state index >= 15 is 0 Å². The molecule has 0 spiro atoms. The Kier molecular flexibility index (Phi) is 5.40. The molecule has 1 aliphatic rings. The molecule has 0 saturated carbocycles. The van der Waals surface area contributed by atoms with Crippen LogP contribution in [0.1, 0.15) is 43.5 Å². The maximum Gasteiger partial charge on any atom is 0.255 e. The van der Waals surface area contributed by atoms with Crippen LogP contribution in [0.5, 0.6) is 5.75 Å². The highest BCUT2D eigenvalue weighted by Gasteiger charge is 2.28. The van der Waals surface area contributed by atoms with Crippen LogP contribution >= 0.6 is 0 Å². The van der Waals surface area contributed by atoms with Crippen LogP contribution in [0.15, 0.2) is 18.2 Å². The number of nitrogens with zero attached hydrogens (tertiary/aromatic N) is 1. The molecular formula is C17H25FN2O2. The predicted molar refractivity (Wildman–Crippen MR) is 84.8 cm³/mol. The number of carbonyl (C=O) groups excluding carboxylic acids is 1. The summed E-state index contributed by atoms with van der Waals surface area (Å²) in [5.74, 6) is -0.364. The van der Waals surface area contributed by atoms with Crippen LogP contribution < -0.4 is 10.1 Å². The fourth-order valence-corrected chi connectivity index (χ4v) is 2.86. The average Bonchev–Trinajstić information content (AvgIpc) is 2.53. The summed E-state index contributed by atoms with van der Waals surface area (Å²) in [7, 11) is 1.47. The number of methoxy groups -OCH3 is 1. The Bertz CT molecular complexity index is 525. The Morgan fingerprint density at radius 2 is 2.00 bits per heavy atom. The van der Waals surface area contributed by atoms with E-state index in [1.807, 2.05) is 0 Å². The summed E-state index contributed by atoms with van der Waals surface area (Å²) >= 11 is 0. The summed E-state index contributed by atoms with van der Waals surface area (Å²) in [5.41, 5.74) is 0.119. The molecule has 5 heteroatoms. The van der Waals surface area contributed by atoms with Crippen molar-refractivity contribution in [2.75, 3.05) is 26.7 Å². The number of likely N-dealkylation sites (tertiary alicyclic amines) is 1. The molecule has 22 heavy (non-hydrogen) atoms. The smallest absolute Gasteiger partial charge is 0.255 e. The molecule has 1 amide bonds. The molecule has 0 bridgehead atoms. The quantitative estimate of drug-likeness (QED) is 0.909. The largest absolute Gasteiger partial charge is 0.496 e.